The van der Waals surface area contributed by atoms with Gasteiger partial charge in [-0.3, -0.25) is 24.3 Å². The summed E-state index contributed by atoms with van der Waals surface area (Å²) in [6.45, 7) is 1.56. The lowest BCUT2D eigenvalue weighted by molar-refractivity contribution is -0.384. The van der Waals surface area contributed by atoms with Crippen LogP contribution in [0.2, 0.25) is 0 Å². The van der Waals surface area contributed by atoms with Crippen LogP contribution in [0.1, 0.15) is 18.5 Å². The van der Waals surface area contributed by atoms with Gasteiger partial charge < -0.3 is 4.90 Å². The molecule has 1 fully saturated rings. The standard InChI is InChI=1S/C18H18N4O4S2/c23-15(20-8-1-2-9-20)11-28-18-19-14-7-10-27-16(14)17(24)21(18)12-3-5-13(6-4-12)22(25)26/h3-6H,1-2,7-11H2. The molecule has 1 amide bonds. The maximum atomic E-state index is 13.1. The molecule has 0 radical (unpaired) electrons. The van der Waals surface area contributed by atoms with Gasteiger partial charge in [0.25, 0.3) is 11.2 Å². The molecule has 10 heteroatoms. The summed E-state index contributed by atoms with van der Waals surface area (Å²) in [7, 11) is 0. The van der Waals surface area contributed by atoms with Crippen molar-refractivity contribution in [1.82, 2.24) is 14.5 Å². The van der Waals surface area contributed by atoms with Gasteiger partial charge in [-0.1, -0.05) is 11.8 Å². The number of thioether (sulfide) groups is 2. The van der Waals surface area contributed by atoms with Crippen LogP contribution in [0, 0.1) is 10.1 Å². The van der Waals surface area contributed by atoms with Crippen LogP contribution in [0.4, 0.5) is 5.69 Å². The Morgan fingerprint density at radius 2 is 1.96 bits per heavy atom. The largest absolute Gasteiger partial charge is 0.342 e. The third-order valence-electron chi connectivity index (χ3n) is 4.77. The number of likely N-dealkylation sites (tertiary alicyclic amines) is 1. The molecule has 2 aromatic rings. The zero-order valence-electron chi connectivity index (χ0n) is 15.0. The van der Waals surface area contributed by atoms with Crippen molar-refractivity contribution in [2.75, 3.05) is 24.6 Å². The van der Waals surface area contributed by atoms with Crippen molar-refractivity contribution in [2.45, 2.75) is 29.3 Å². The van der Waals surface area contributed by atoms with Gasteiger partial charge in [0.15, 0.2) is 5.16 Å². The first kappa shape index (κ1) is 19.0. The number of carbonyl (C=O) groups excluding carboxylic acids is 1. The second-order valence-electron chi connectivity index (χ2n) is 6.56. The number of hydrogen-bond acceptors (Lipinski definition) is 7. The number of non-ortho nitro benzene ring substituents is 1. The van der Waals surface area contributed by atoms with E-state index in [1.54, 1.807) is 12.1 Å². The Hall–Kier alpha value is -2.33. The van der Waals surface area contributed by atoms with E-state index in [0.717, 1.165) is 43.8 Å². The molecule has 1 saturated heterocycles. The fraction of sp³-hybridized carbons (Fsp3) is 0.389. The molecule has 1 aromatic carbocycles. The zero-order chi connectivity index (χ0) is 19.7. The van der Waals surface area contributed by atoms with Gasteiger partial charge in [-0.25, -0.2) is 4.98 Å². The van der Waals surface area contributed by atoms with E-state index < -0.39 is 4.92 Å². The number of nitro benzene ring substituents is 1. The Labute approximate surface area is 169 Å². The number of nitrogens with zero attached hydrogens (tertiary/aromatic N) is 4. The average Bonchev–Trinajstić information content (AvgIpc) is 3.38. The first-order valence-electron chi connectivity index (χ1n) is 8.99. The molecule has 4 rings (SSSR count). The van der Waals surface area contributed by atoms with Crippen molar-refractivity contribution < 1.29 is 9.72 Å². The quantitative estimate of drug-likeness (QED) is 0.318. The lowest BCUT2D eigenvalue weighted by atomic mass is 10.2. The second kappa shape index (κ2) is 7.96. The molecule has 146 valence electrons. The van der Waals surface area contributed by atoms with Gasteiger partial charge in [0.05, 0.1) is 27.0 Å². The number of aryl methyl sites for hydroxylation is 1. The predicted molar refractivity (Wildman–Crippen MR) is 107 cm³/mol. The van der Waals surface area contributed by atoms with Crippen LogP contribution in [0.15, 0.2) is 39.1 Å². The van der Waals surface area contributed by atoms with Crippen LogP contribution >= 0.6 is 23.5 Å². The van der Waals surface area contributed by atoms with Crippen molar-refractivity contribution in [2.24, 2.45) is 0 Å². The molecular weight excluding hydrogens is 400 g/mol. The number of amides is 1. The Balaban J connectivity index is 1.68. The third kappa shape index (κ3) is 3.66. The number of benzene rings is 1. The monoisotopic (exact) mass is 418 g/mol. The number of hydrogen-bond donors (Lipinski definition) is 0. The molecule has 0 bridgehead atoms. The predicted octanol–water partition coefficient (Wildman–Crippen LogP) is 2.50. The smallest absolute Gasteiger partial charge is 0.272 e. The molecule has 3 heterocycles. The highest BCUT2D eigenvalue weighted by Gasteiger charge is 2.24. The molecule has 1 aromatic heterocycles. The number of carbonyl (C=O) groups is 1. The van der Waals surface area contributed by atoms with E-state index in [4.69, 9.17) is 0 Å². The minimum Gasteiger partial charge on any atom is -0.342 e. The van der Waals surface area contributed by atoms with Crippen LogP contribution in [-0.2, 0) is 11.2 Å². The summed E-state index contributed by atoms with van der Waals surface area (Å²) in [4.78, 5) is 43.0. The Bertz CT molecular complexity index is 984. The molecule has 0 saturated carbocycles. The van der Waals surface area contributed by atoms with Gasteiger partial charge >= 0.3 is 0 Å². The summed E-state index contributed by atoms with van der Waals surface area (Å²) in [5, 5.41) is 11.4. The minimum absolute atomic E-state index is 0.0429. The summed E-state index contributed by atoms with van der Waals surface area (Å²) < 4.78 is 1.46. The lowest BCUT2D eigenvalue weighted by Crippen LogP contribution is -2.30. The van der Waals surface area contributed by atoms with E-state index >= 15 is 0 Å². The molecule has 0 spiro atoms. The molecule has 0 atom stereocenters. The van der Waals surface area contributed by atoms with Crippen molar-refractivity contribution in [1.29, 1.82) is 0 Å². The summed E-state index contributed by atoms with van der Waals surface area (Å²) in [6, 6.07) is 5.82. The van der Waals surface area contributed by atoms with Gasteiger partial charge in [-0.15, -0.1) is 11.8 Å². The normalized spacial score (nSPS) is 15.6. The minimum atomic E-state index is -0.478. The number of aromatic nitrogens is 2. The van der Waals surface area contributed by atoms with Gasteiger partial charge in [-0.05, 0) is 25.0 Å². The lowest BCUT2D eigenvalue weighted by Gasteiger charge is -2.16. The van der Waals surface area contributed by atoms with E-state index in [2.05, 4.69) is 4.98 Å². The molecule has 0 N–H and O–H groups in total. The van der Waals surface area contributed by atoms with Gasteiger partial charge in [0.2, 0.25) is 5.91 Å². The number of rotatable bonds is 5. The molecule has 0 unspecified atom stereocenters. The van der Waals surface area contributed by atoms with E-state index in [0.29, 0.717) is 15.7 Å². The number of fused-ring (bicyclic) bond motifs is 1. The highest BCUT2D eigenvalue weighted by atomic mass is 32.2. The number of nitro groups is 1. The van der Waals surface area contributed by atoms with Gasteiger partial charge in [-0.2, -0.15) is 0 Å². The molecule has 0 aliphatic carbocycles. The Kier molecular flexibility index (Phi) is 5.40. The molecule has 8 nitrogen and oxygen atoms in total. The Morgan fingerprint density at radius 3 is 2.64 bits per heavy atom. The van der Waals surface area contributed by atoms with Crippen molar-refractivity contribution in [3.05, 3.63) is 50.4 Å². The van der Waals surface area contributed by atoms with Crippen LogP contribution < -0.4 is 5.56 Å². The maximum absolute atomic E-state index is 13.1. The van der Waals surface area contributed by atoms with Crippen molar-refractivity contribution in [3.8, 4) is 5.69 Å². The fourth-order valence-electron chi connectivity index (χ4n) is 3.32. The molecule has 2 aliphatic rings. The summed E-state index contributed by atoms with van der Waals surface area (Å²) in [6.07, 6.45) is 2.78. The van der Waals surface area contributed by atoms with Crippen molar-refractivity contribution >= 4 is 35.1 Å². The zero-order valence-corrected chi connectivity index (χ0v) is 16.6. The topological polar surface area (TPSA) is 98.3 Å². The first-order valence-corrected chi connectivity index (χ1v) is 11.0. The van der Waals surface area contributed by atoms with Crippen LogP contribution in [0.5, 0.6) is 0 Å². The van der Waals surface area contributed by atoms with Crippen LogP contribution in [0.25, 0.3) is 5.69 Å². The van der Waals surface area contributed by atoms with E-state index in [-0.39, 0.29) is 22.9 Å². The average molecular weight is 419 g/mol. The van der Waals surface area contributed by atoms with E-state index in [1.165, 1.54) is 40.2 Å². The third-order valence-corrected chi connectivity index (χ3v) is 6.80. The molecular formula is C18H18N4O4S2. The molecule has 28 heavy (non-hydrogen) atoms. The second-order valence-corrected chi connectivity index (χ2v) is 8.61. The SMILES string of the molecule is O=C(CSc1nc2c(c(=O)n1-c1ccc([N+](=O)[O-])cc1)SCC2)N1CCCC1. The summed E-state index contributed by atoms with van der Waals surface area (Å²) in [5.74, 6) is 1.06. The fourth-order valence-corrected chi connectivity index (χ4v) is 5.28. The maximum Gasteiger partial charge on any atom is 0.272 e. The van der Waals surface area contributed by atoms with E-state index in [9.17, 15) is 19.7 Å². The van der Waals surface area contributed by atoms with Crippen molar-refractivity contribution in [3.63, 3.8) is 0 Å². The van der Waals surface area contributed by atoms with E-state index in [1.807, 2.05) is 4.90 Å². The first-order chi connectivity index (χ1) is 13.5. The van der Waals surface area contributed by atoms with Gasteiger partial charge in [0.1, 0.15) is 0 Å². The highest BCUT2D eigenvalue weighted by molar-refractivity contribution is 8.00. The summed E-state index contributed by atoms with van der Waals surface area (Å²) >= 11 is 2.72. The highest BCUT2D eigenvalue weighted by Crippen LogP contribution is 2.30. The van der Waals surface area contributed by atoms with Gasteiger partial charge in [0, 0.05) is 37.4 Å². The van der Waals surface area contributed by atoms with Crippen LogP contribution in [-0.4, -0.2) is 49.9 Å². The van der Waals surface area contributed by atoms with Crippen LogP contribution in [0.3, 0.4) is 0 Å². The molecule has 2 aliphatic heterocycles. The summed E-state index contributed by atoms with van der Waals surface area (Å²) in [5.41, 5.74) is 1.05. The Morgan fingerprint density at radius 1 is 1.25 bits per heavy atom.